The monoisotopic (exact) mass is 482 g/mol. The molecular formula is C21H21F3N4O4S. The number of hydrogen-bond donors (Lipinski definition) is 3. The Hall–Kier alpha value is -3.38. The summed E-state index contributed by atoms with van der Waals surface area (Å²) in [6.45, 7) is 0.556. The molecule has 3 aromatic rings. The lowest BCUT2D eigenvalue weighted by Gasteiger charge is -2.16. The van der Waals surface area contributed by atoms with E-state index in [1.54, 1.807) is 24.5 Å². The number of aromatic nitrogens is 2. The van der Waals surface area contributed by atoms with Gasteiger partial charge in [-0.3, -0.25) is 14.6 Å². The summed E-state index contributed by atoms with van der Waals surface area (Å²) in [4.78, 5) is 42.7. The zero-order chi connectivity index (χ0) is 24.4. The summed E-state index contributed by atoms with van der Waals surface area (Å²) < 4.78 is 32.7. The summed E-state index contributed by atoms with van der Waals surface area (Å²) in [5.41, 5.74) is 6.82. The predicted octanol–water partition coefficient (Wildman–Crippen LogP) is 3.43. The Balaban J connectivity index is 0.000000479. The number of Topliss-reactive ketones (excluding diaryl/α,β-unsaturated/α-hetero) is 1. The molecule has 1 aromatic carbocycles. The standard InChI is InChI=1S/C19H20N4O2S.C2HF3O2/c20-10-4-3-6-15(22-18(25)13-8-11-21-12-9-13)17(24)19-23-14-5-1-2-7-16(14)26-19;3-2(4,5)1(6)7/h1-2,5,7-9,11-12,15H,3-4,6,10,20H2,(H,22,25);(H,6,7)/t15-;/m0./s1. The molecule has 0 unspecified atom stereocenters. The molecule has 8 nitrogen and oxygen atoms in total. The number of aliphatic carboxylic acids is 1. The maximum atomic E-state index is 13.0. The van der Waals surface area contributed by atoms with Crippen LogP contribution in [0.2, 0.25) is 0 Å². The summed E-state index contributed by atoms with van der Waals surface area (Å²) in [5, 5.41) is 10.4. The minimum absolute atomic E-state index is 0.161. The Labute approximate surface area is 190 Å². The Kier molecular flexibility index (Phi) is 9.43. The molecule has 3 rings (SSSR count). The van der Waals surface area contributed by atoms with E-state index in [-0.39, 0.29) is 11.7 Å². The number of alkyl halides is 3. The number of carboxylic acid groups (broad SMARTS) is 1. The molecule has 0 aliphatic rings. The van der Waals surface area contributed by atoms with E-state index in [9.17, 15) is 22.8 Å². The number of rotatable bonds is 8. The van der Waals surface area contributed by atoms with Crippen LogP contribution in [-0.4, -0.2) is 51.5 Å². The highest BCUT2D eigenvalue weighted by Gasteiger charge is 2.38. The SMILES string of the molecule is NCCCC[C@H](NC(=O)c1ccncc1)C(=O)c1nc2ccccc2s1.O=C(O)C(F)(F)F. The zero-order valence-electron chi connectivity index (χ0n) is 17.2. The van der Waals surface area contributed by atoms with Gasteiger partial charge in [0, 0.05) is 18.0 Å². The van der Waals surface area contributed by atoms with Crippen molar-refractivity contribution in [2.24, 2.45) is 5.73 Å². The van der Waals surface area contributed by atoms with Crippen molar-refractivity contribution >= 4 is 39.2 Å². The van der Waals surface area contributed by atoms with Crippen LogP contribution in [0, 0.1) is 0 Å². The third kappa shape index (κ3) is 7.91. The van der Waals surface area contributed by atoms with Gasteiger partial charge >= 0.3 is 12.1 Å². The number of ketones is 1. The van der Waals surface area contributed by atoms with Gasteiger partial charge in [0.25, 0.3) is 5.91 Å². The van der Waals surface area contributed by atoms with Gasteiger partial charge in [-0.15, -0.1) is 11.3 Å². The Morgan fingerprint density at radius 2 is 1.73 bits per heavy atom. The average Bonchev–Trinajstić information content (AvgIpc) is 3.22. The third-order valence-electron chi connectivity index (χ3n) is 4.26. The summed E-state index contributed by atoms with van der Waals surface area (Å²) in [5.74, 6) is -3.21. The number of amides is 1. The van der Waals surface area contributed by atoms with E-state index >= 15 is 0 Å². The number of halogens is 3. The first-order chi connectivity index (χ1) is 15.6. The third-order valence-corrected chi connectivity index (χ3v) is 5.31. The van der Waals surface area contributed by atoms with Crippen molar-refractivity contribution in [2.45, 2.75) is 31.5 Å². The number of para-hydroxylation sites is 1. The van der Waals surface area contributed by atoms with E-state index in [1.165, 1.54) is 11.3 Å². The topological polar surface area (TPSA) is 135 Å². The quantitative estimate of drug-likeness (QED) is 0.331. The smallest absolute Gasteiger partial charge is 0.475 e. The number of benzene rings is 1. The van der Waals surface area contributed by atoms with Crippen LogP contribution in [0.15, 0.2) is 48.8 Å². The number of carbonyl (C=O) groups excluding carboxylic acids is 2. The number of carboxylic acids is 1. The van der Waals surface area contributed by atoms with Crippen molar-refractivity contribution in [3.8, 4) is 0 Å². The van der Waals surface area contributed by atoms with Gasteiger partial charge in [0.2, 0.25) is 5.78 Å². The van der Waals surface area contributed by atoms with Gasteiger partial charge in [-0.25, -0.2) is 9.78 Å². The van der Waals surface area contributed by atoms with E-state index in [0.29, 0.717) is 23.5 Å². The maximum absolute atomic E-state index is 13.0. The van der Waals surface area contributed by atoms with Crippen molar-refractivity contribution in [1.82, 2.24) is 15.3 Å². The second-order valence-electron chi connectivity index (χ2n) is 6.70. The molecule has 0 radical (unpaired) electrons. The second kappa shape index (κ2) is 12.0. The van der Waals surface area contributed by atoms with Crippen molar-refractivity contribution in [3.05, 3.63) is 59.4 Å². The number of fused-ring (bicyclic) bond motifs is 1. The Morgan fingerprint density at radius 1 is 1.09 bits per heavy atom. The van der Waals surface area contributed by atoms with Crippen LogP contribution >= 0.6 is 11.3 Å². The number of hydrogen-bond acceptors (Lipinski definition) is 7. The highest BCUT2D eigenvalue weighted by molar-refractivity contribution is 7.20. The number of unbranched alkanes of at least 4 members (excludes halogenated alkanes) is 1. The zero-order valence-corrected chi connectivity index (χ0v) is 18.0. The number of thiazole rings is 1. The van der Waals surface area contributed by atoms with Gasteiger partial charge < -0.3 is 16.2 Å². The van der Waals surface area contributed by atoms with Gasteiger partial charge in [-0.1, -0.05) is 12.1 Å². The largest absolute Gasteiger partial charge is 0.490 e. The Morgan fingerprint density at radius 3 is 2.30 bits per heavy atom. The van der Waals surface area contributed by atoms with Crippen LogP contribution in [0.5, 0.6) is 0 Å². The first-order valence-corrected chi connectivity index (χ1v) is 10.6. The summed E-state index contributed by atoms with van der Waals surface area (Å²) >= 11 is 1.35. The summed E-state index contributed by atoms with van der Waals surface area (Å²) in [6, 6.07) is 10.2. The molecule has 0 bridgehead atoms. The Bertz CT molecular complexity index is 1060. The molecule has 4 N–H and O–H groups in total. The lowest BCUT2D eigenvalue weighted by Crippen LogP contribution is -2.41. The minimum Gasteiger partial charge on any atom is -0.475 e. The molecule has 0 aliphatic carbocycles. The van der Waals surface area contributed by atoms with Crippen LogP contribution in [0.3, 0.4) is 0 Å². The molecule has 2 aromatic heterocycles. The van der Waals surface area contributed by atoms with Crippen LogP contribution < -0.4 is 11.1 Å². The summed E-state index contributed by atoms with van der Waals surface area (Å²) in [6.07, 6.45) is 0.105. The molecule has 1 atom stereocenters. The van der Waals surface area contributed by atoms with Crippen molar-refractivity contribution in [3.63, 3.8) is 0 Å². The number of nitrogens with one attached hydrogen (secondary N) is 1. The molecule has 33 heavy (non-hydrogen) atoms. The van der Waals surface area contributed by atoms with Crippen LogP contribution in [0.25, 0.3) is 10.2 Å². The average molecular weight is 482 g/mol. The fraction of sp³-hybridized carbons (Fsp3) is 0.286. The van der Waals surface area contributed by atoms with E-state index in [2.05, 4.69) is 15.3 Å². The molecule has 0 aliphatic heterocycles. The first-order valence-electron chi connectivity index (χ1n) is 9.74. The van der Waals surface area contributed by atoms with Crippen LogP contribution in [-0.2, 0) is 4.79 Å². The number of pyridine rings is 1. The molecule has 2 heterocycles. The molecule has 0 saturated carbocycles. The molecule has 176 valence electrons. The van der Waals surface area contributed by atoms with Crippen LogP contribution in [0.1, 0.15) is 39.4 Å². The van der Waals surface area contributed by atoms with Crippen molar-refractivity contribution in [1.29, 1.82) is 0 Å². The van der Waals surface area contributed by atoms with Gasteiger partial charge in [0.05, 0.1) is 16.3 Å². The predicted molar refractivity (Wildman–Crippen MR) is 116 cm³/mol. The number of nitrogens with two attached hydrogens (primary N) is 1. The second-order valence-corrected chi connectivity index (χ2v) is 7.73. The number of carbonyl (C=O) groups is 3. The first kappa shape index (κ1) is 25.9. The molecule has 0 saturated heterocycles. The highest BCUT2D eigenvalue weighted by atomic mass is 32.1. The molecule has 0 spiro atoms. The van der Waals surface area contributed by atoms with Gasteiger partial charge in [-0.2, -0.15) is 13.2 Å². The van der Waals surface area contributed by atoms with Gasteiger partial charge in [0.15, 0.2) is 5.01 Å². The molecule has 0 fully saturated rings. The van der Waals surface area contributed by atoms with E-state index < -0.39 is 18.2 Å². The maximum Gasteiger partial charge on any atom is 0.490 e. The summed E-state index contributed by atoms with van der Waals surface area (Å²) in [7, 11) is 0. The molecule has 12 heteroatoms. The lowest BCUT2D eigenvalue weighted by atomic mass is 10.0. The van der Waals surface area contributed by atoms with E-state index in [4.69, 9.17) is 15.6 Å². The number of nitrogens with zero attached hydrogens (tertiary/aromatic N) is 2. The van der Waals surface area contributed by atoms with Crippen molar-refractivity contribution in [2.75, 3.05) is 6.54 Å². The molecule has 1 amide bonds. The fourth-order valence-electron chi connectivity index (χ4n) is 2.63. The highest BCUT2D eigenvalue weighted by Crippen LogP contribution is 2.23. The van der Waals surface area contributed by atoms with Crippen LogP contribution in [0.4, 0.5) is 13.2 Å². The van der Waals surface area contributed by atoms with Gasteiger partial charge in [0.1, 0.15) is 0 Å². The van der Waals surface area contributed by atoms with Gasteiger partial charge in [-0.05, 0) is 50.1 Å². The normalized spacial score (nSPS) is 11.9. The molecular weight excluding hydrogens is 461 g/mol. The van der Waals surface area contributed by atoms with E-state index in [0.717, 1.165) is 23.1 Å². The lowest BCUT2D eigenvalue weighted by molar-refractivity contribution is -0.192. The van der Waals surface area contributed by atoms with E-state index in [1.807, 2.05) is 24.3 Å². The fourth-order valence-corrected chi connectivity index (χ4v) is 3.59. The van der Waals surface area contributed by atoms with Crippen molar-refractivity contribution < 1.29 is 32.7 Å². The minimum atomic E-state index is -5.08.